The van der Waals surface area contributed by atoms with Gasteiger partial charge in [0.15, 0.2) is 11.6 Å². The fourth-order valence-electron chi connectivity index (χ4n) is 2.21. The van der Waals surface area contributed by atoms with Crippen LogP contribution in [0.4, 0.5) is 0 Å². The minimum Gasteiger partial charge on any atom is -0.478 e. The third-order valence-electron chi connectivity index (χ3n) is 3.80. The lowest BCUT2D eigenvalue weighted by molar-refractivity contribution is -0.132. The number of guanidine groups is 1. The van der Waals surface area contributed by atoms with Crippen molar-refractivity contribution in [3.63, 3.8) is 0 Å². The van der Waals surface area contributed by atoms with E-state index in [1.165, 1.54) is 7.05 Å². The number of aliphatic imine (C=N–C) groups is 1. The summed E-state index contributed by atoms with van der Waals surface area (Å²) in [5.74, 6) is 0.223. The van der Waals surface area contributed by atoms with E-state index in [2.05, 4.69) is 16.9 Å². The predicted octanol–water partition coefficient (Wildman–Crippen LogP) is 3.62. The summed E-state index contributed by atoms with van der Waals surface area (Å²) in [5, 5.41) is 3.16. The molecule has 0 saturated carbocycles. The van der Waals surface area contributed by atoms with Gasteiger partial charge in [0.2, 0.25) is 0 Å². The third-order valence-corrected chi connectivity index (χ3v) is 4.05. The molecule has 0 aliphatic rings. The fourth-order valence-corrected chi connectivity index (χ4v) is 2.33. The lowest BCUT2D eigenvalue weighted by atomic mass is 9.99. The second-order valence-corrected chi connectivity index (χ2v) is 6.62. The fraction of sp³-hybridized carbons (Fsp3) is 0.200. The van der Waals surface area contributed by atoms with Crippen LogP contribution < -0.4 is 15.8 Å². The normalized spacial score (nSPS) is 11.8. The molecule has 26 heavy (non-hydrogen) atoms. The van der Waals surface area contributed by atoms with Crippen LogP contribution in [0.15, 0.2) is 60.1 Å². The van der Waals surface area contributed by atoms with Gasteiger partial charge < -0.3 is 10.5 Å². The molecule has 0 radical (unpaired) electrons. The van der Waals surface area contributed by atoms with Crippen molar-refractivity contribution in [2.45, 2.75) is 19.4 Å². The monoisotopic (exact) mass is 371 g/mol. The lowest BCUT2D eigenvalue weighted by Gasteiger charge is -2.25. The van der Waals surface area contributed by atoms with Crippen LogP contribution in [0.3, 0.4) is 0 Å². The van der Waals surface area contributed by atoms with Gasteiger partial charge in [-0.2, -0.15) is 0 Å². The standard InChI is InChI=1S/C20H22ClN3O2/c1-13(14-5-9-16(21)10-6-14)15-7-11-17(12-8-15)26-20(2,3)18(25)24-19(22)23-4/h5-12H,1H2,2-4H3,(H3,22,23,24,25). The molecule has 1 amide bonds. The Bertz CT molecular complexity index is 825. The summed E-state index contributed by atoms with van der Waals surface area (Å²) in [4.78, 5) is 15.9. The summed E-state index contributed by atoms with van der Waals surface area (Å²) in [6, 6.07) is 14.9. The molecule has 136 valence electrons. The Kier molecular flexibility index (Phi) is 6.05. The molecule has 0 fully saturated rings. The number of hydrogen-bond donors (Lipinski definition) is 2. The van der Waals surface area contributed by atoms with Crippen LogP contribution in [-0.4, -0.2) is 24.5 Å². The van der Waals surface area contributed by atoms with Gasteiger partial charge >= 0.3 is 0 Å². The molecule has 2 rings (SSSR count). The number of halogens is 1. The Morgan fingerprint density at radius 3 is 2.12 bits per heavy atom. The van der Waals surface area contributed by atoms with Gasteiger partial charge in [-0.1, -0.05) is 42.4 Å². The quantitative estimate of drug-likeness (QED) is 0.622. The Balaban J connectivity index is 2.10. The van der Waals surface area contributed by atoms with E-state index in [-0.39, 0.29) is 11.9 Å². The van der Waals surface area contributed by atoms with E-state index in [9.17, 15) is 4.79 Å². The number of benzene rings is 2. The van der Waals surface area contributed by atoms with E-state index in [0.717, 1.165) is 16.7 Å². The first kappa shape index (κ1) is 19.5. The van der Waals surface area contributed by atoms with Gasteiger partial charge in [0.25, 0.3) is 5.91 Å². The molecule has 0 atom stereocenters. The van der Waals surface area contributed by atoms with Crippen molar-refractivity contribution in [2.24, 2.45) is 10.7 Å². The molecule has 0 saturated heterocycles. The molecule has 6 heteroatoms. The Labute approximate surface area is 158 Å². The highest BCUT2D eigenvalue weighted by molar-refractivity contribution is 6.30. The molecule has 0 unspecified atom stereocenters. The number of nitrogens with zero attached hydrogens (tertiary/aromatic N) is 1. The maximum atomic E-state index is 12.2. The first-order chi connectivity index (χ1) is 12.2. The molecule has 0 aromatic heterocycles. The van der Waals surface area contributed by atoms with Crippen LogP contribution >= 0.6 is 11.6 Å². The van der Waals surface area contributed by atoms with Crippen molar-refractivity contribution in [3.8, 4) is 5.75 Å². The summed E-state index contributed by atoms with van der Waals surface area (Å²) in [6.07, 6.45) is 0. The highest BCUT2D eigenvalue weighted by Crippen LogP contribution is 2.26. The molecule has 3 N–H and O–H groups in total. The maximum absolute atomic E-state index is 12.2. The van der Waals surface area contributed by atoms with E-state index in [1.54, 1.807) is 26.0 Å². The van der Waals surface area contributed by atoms with Gasteiger partial charge in [-0.3, -0.25) is 15.1 Å². The van der Waals surface area contributed by atoms with Gasteiger partial charge in [-0.05, 0) is 54.8 Å². The molecule has 0 spiro atoms. The molecule has 0 aliphatic carbocycles. The number of rotatable bonds is 5. The van der Waals surface area contributed by atoms with E-state index >= 15 is 0 Å². The van der Waals surface area contributed by atoms with E-state index in [1.807, 2.05) is 36.4 Å². The van der Waals surface area contributed by atoms with E-state index in [4.69, 9.17) is 22.1 Å². The average molecular weight is 372 g/mol. The number of amides is 1. The molecule has 5 nitrogen and oxygen atoms in total. The van der Waals surface area contributed by atoms with E-state index < -0.39 is 5.60 Å². The average Bonchev–Trinajstić information content (AvgIpc) is 2.62. The van der Waals surface area contributed by atoms with Gasteiger partial charge in [0, 0.05) is 12.1 Å². The summed E-state index contributed by atoms with van der Waals surface area (Å²) in [7, 11) is 1.50. The second kappa shape index (κ2) is 8.06. The van der Waals surface area contributed by atoms with Crippen LogP contribution in [-0.2, 0) is 4.79 Å². The van der Waals surface area contributed by atoms with Crippen molar-refractivity contribution in [3.05, 3.63) is 71.3 Å². The second-order valence-electron chi connectivity index (χ2n) is 6.19. The number of carbonyl (C=O) groups is 1. The van der Waals surface area contributed by atoms with Gasteiger partial charge in [0.05, 0.1) is 0 Å². The van der Waals surface area contributed by atoms with Gasteiger partial charge in [-0.25, -0.2) is 0 Å². The molecule has 0 bridgehead atoms. The van der Waals surface area contributed by atoms with Crippen molar-refractivity contribution in [1.29, 1.82) is 0 Å². The first-order valence-corrected chi connectivity index (χ1v) is 8.39. The number of hydrogen-bond acceptors (Lipinski definition) is 3. The Morgan fingerprint density at radius 1 is 1.12 bits per heavy atom. The molecule has 2 aromatic carbocycles. The van der Waals surface area contributed by atoms with Crippen LogP contribution in [0.5, 0.6) is 5.75 Å². The van der Waals surface area contributed by atoms with Crippen LogP contribution in [0.2, 0.25) is 5.02 Å². The highest BCUT2D eigenvalue weighted by atomic mass is 35.5. The molecule has 2 aromatic rings. The minimum absolute atomic E-state index is 0.0429. The Hall–Kier alpha value is -2.79. The molecule has 0 heterocycles. The zero-order chi connectivity index (χ0) is 19.3. The summed E-state index contributed by atoms with van der Waals surface area (Å²) in [6.45, 7) is 7.44. The third kappa shape index (κ3) is 4.86. The number of nitrogens with one attached hydrogen (secondary N) is 1. The van der Waals surface area contributed by atoms with Crippen LogP contribution in [0, 0.1) is 0 Å². The zero-order valence-electron chi connectivity index (χ0n) is 15.0. The molecular formula is C20H22ClN3O2. The van der Waals surface area contributed by atoms with Crippen LogP contribution in [0.1, 0.15) is 25.0 Å². The van der Waals surface area contributed by atoms with Crippen molar-refractivity contribution in [1.82, 2.24) is 5.32 Å². The zero-order valence-corrected chi connectivity index (χ0v) is 15.8. The SMILES string of the molecule is C=C(c1ccc(Cl)cc1)c1ccc(OC(C)(C)C(=O)N/C(N)=N/C)cc1. The number of carbonyl (C=O) groups excluding carboxylic acids is 1. The molecule has 0 aliphatic heterocycles. The topological polar surface area (TPSA) is 76.7 Å². The predicted molar refractivity (Wildman–Crippen MR) is 106 cm³/mol. The molecular weight excluding hydrogens is 350 g/mol. The number of ether oxygens (including phenoxy) is 1. The highest BCUT2D eigenvalue weighted by Gasteiger charge is 2.30. The Morgan fingerprint density at radius 2 is 1.62 bits per heavy atom. The van der Waals surface area contributed by atoms with Crippen molar-refractivity contribution < 1.29 is 9.53 Å². The van der Waals surface area contributed by atoms with Crippen molar-refractivity contribution in [2.75, 3.05) is 7.05 Å². The van der Waals surface area contributed by atoms with E-state index in [0.29, 0.717) is 10.8 Å². The summed E-state index contributed by atoms with van der Waals surface area (Å²) in [5.41, 5.74) is 7.22. The lowest BCUT2D eigenvalue weighted by Crippen LogP contribution is -2.50. The van der Waals surface area contributed by atoms with Crippen LogP contribution in [0.25, 0.3) is 5.57 Å². The first-order valence-electron chi connectivity index (χ1n) is 8.01. The summed E-state index contributed by atoms with van der Waals surface area (Å²) >= 11 is 5.92. The largest absolute Gasteiger partial charge is 0.478 e. The van der Waals surface area contributed by atoms with Crippen molar-refractivity contribution >= 4 is 29.0 Å². The summed E-state index contributed by atoms with van der Waals surface area (Å²) < 4.78 is 5.80. The minimum atomic E-state index is -1.11. The smallest absolute Gasteiger partial charge is 0.270 e. The number of nitrogens with two attached hydrogens (primary N) is 1. The van der Waals surface area contributed by atoms with Gasteiger partial charge in [-0.15, -0.1) is 0 Å². The van der Waals surface area contributed by atoms with Gasteiger partial charge in [0.1, 0.15) is 5.75 Å². The maximum Gasteiger partial charge on any atom is 0.270 e.